The molecule has 0 rings (SSSR count). The van der Waals surface area contributed by atoms with Gasteiger partial charge in [0.15, 0.2) is 0 Å². The zero-order valence-electron chi connectivity index (χ0n) is 5.03. The molecule has 0 atom stereocenters. The summed E-state index contributed by atoms with van der Waals surface area (Å²) in [5.41, 5.74) is 0. The molecule has 0 fully saturated rings. The van der Waals surface area contributed by atoms with Crippen molar-refractivity contribution in [2.75, 3.05) is 0 Å². The van der Waals surface area contributed by atoms with Crippen LogP contribution in [-0.2, 0) is 24.3 Å². The Hall–Kier alpha value is 0.670. The van der Waals surface area contributed by atoms with Crippen LogP contribution in [0.25, 0.3) is 0 Å². The van der Waals surface area contributed by atoms with E-state index >= 15 is 0 Å². The summed E-state index contributed by atoms with van der Waals surface area (Å²) < 4.78 is 13.5. The molecule has 0 unspecified atom stereocenters. The Morgan fingerprint density at radius 3 is 2.29 bits per heavy atom. The molecule has 0 aliphatic rings. The summed E-state index contributed by atoms with van der Waals surface area (Å²) in [6.07, 6.45) is 2.38. The van der Waals surface area contributed by atoms with Crippen molar-refractivity contribution >= 4 is 0 Å². The van der Waals surface area contributed by atoms with Crippen molar-refractivity contribution in [2.24, 2.45) is 0 Å². The summed E-state index contributed by atoms with van der Waals surface area (Å²) in [4.78, 5) is 0. The SMILES string of the molecule is CCC[CH2][Hf]([CH3])=[O]. The fourth-order valence-electron chi connectivity index (χ4n) is 0.426. The molecule has 0 aliphatic heterocycles. The summed E-state index contributed by atoms with van der Waals surface area (Å²) in [5, 5.41) is 0. The van der Waals surface area contributed by atoms with Gasteiger partial charge in [-0.2, -0.15) is 0 Å². The molecule has 0 bridgehead atoms. The quantitative estimate of drug-likeness (QED) is 0.716. The fraction of sp³-hybridized carbons (Fsp3) is 1.00. The molecular weight excluding hydrogens is 255 g/mol. The van der Waals surface area contributed by atoms with Gasteiger partial charge in [-0.15, -0.1) is 0 Å². The molecule has 0 spiro atoms. The van der Waals surface area contributed by atoms with Crippen molar-refractivity contribution in [1.29, 1.82) is 0 Å². The van der Waals surface area contributed by atoms with Crippen molar-refractivity contribution in [3.8, 4) is 0 Å². The van der Waals surface area contributed by atoms with E-state index in [1.54, 1.807) is 0 Å². The molecule has 2 heteroatoms. The van der Waals surface area contributed by atoms with E-state index in [9.17, 15) is 2.85 Å². The normalized spacial score (nSPS) is 8.86. The average molecular weight is 267 g/mol. The molecule has 0 aromatic carbocycles. The standard InChI is InChI=1S/C4H9.CH3.Hf.O/c1-3-4-2;;;/h1,3-4H2,2H3;1H3;;. The van der Waals surface area contributed by atoms with Gasteiger partial charge in [0, 0.05) is 0 Å². The third kappa shape index (κ3) is 6.67. The third-order valence-electron chi connectivity index (χ3n) is 0.882. The monoisotopic (exact) mass is 268 g/mol. The van der Waals surface area contributed by atoms with Gasteiger partial charge in [0.25, 0.3) is 0 Å². The average Bonchev–Trinajstić information content (AvgIpc) is 1.61. The van der Waals surface area contributed by atoms with Crippen molar-refractivity contribution in [1.82, 2.24) is 0 Å². The molecule has 0 N–H and O–H groups in total. The molecule has 0 radical (unpaired) electrons. The second kappa shape index (κ2) is 4.82. The second-order valence-electron chi connectivity index (χ2n) is 1.81. The maximum absolute atomic E-state index is 10.5. The van der Waals surface area contributed by atoms with E-state index in [1.165, 1.54) is 12.8 Å². The van der Waals surface area contributed by atoms with Crippen LogP contribution in [0.5, 0.6) is 0 Å². The summed E-state index contributed by atoms with van der Waals surface area (Å²) >= 11 is -2.02. The van der Waals surface area contributed by atoms with Crippen LogP contribution in [0.3, 0.4) is 0 Å². The first-order chi connectivity index (χ1) is 3.27. The first-order valence-electron chi connectivity index (χ1n) is 2.76. The van der Waals surface area contributed by atoms with E-state index in [0.717, 1.165) is 4.18 Å². The zero-order valence-corrected chi connectivity index (χ0v) is 8.62. The van der Waals surface area contributed by atoms with Gasteiger partial charge in [0.2, 0.25) is 0 Å². The minimum atomic E-state index is -2.02. The molecule has 0 aromatic heterocycles. The van der Waals surface area contributed by atoms with Gasteiger partial charge in [-0.25, -0.2) is 0 Å². The molecule has 42 valence electrons. The van der Waals surface area contributed by atoms with Crippen LogP contribution in [0.1, 0.15) is 19.8 Å². The van der Waals surface area contributed by atoms with E-state index in [2.05, 4.69) is 6.92 Å². The van der Waals surface area contributed by atoms with E-state index in [4.69, 9.17) is 0 Å². The summed E-state index contributed by atoms with van der Waals surface area (Å²) in [6.45, 7) is 2.13. The van der Waals surface area contributed by atoms with Crippen molar-refractivity contribution in [3.63, 3.8) is 0 Å². The van der Waals surface area contributed by atoms with Gasteiger partial charge in [-0.3, -0.25) is 0 Å². The Morgan fingerprint density at radius 2 is 2.14 bits per heavy atom. The third-order valence-corrected chi connectivity index (χ3v) is 4.68. The van der Waals surface area contributed by atoms with Gasteiger partial charge < -0.3 is 0 Å². The van der Waals surface area contributed by atoms with Gasteiger partial charge in [-0.05, 0) is 0 Å². The van der Waals surface area contributed by atoms with Crippen LogP contribution in [0.4, 0.5) is 0 Å². The number of unbranched alkanes of at least 4 members (excludes halogenated alkanes) is 1. The number of hydrogen-bond donors (Lipinski definition) is 0. The molecule has 0 amide bonds. The van der Waals surface area contributed by atoms with Crippen LogP contribution in [0.15, 0.2) is 0 Å². The maximum atomic E-state index is 10.5. The molecule has 0 saturated heterocycles. The van der Waals surface area contributed by atoms with Crippen LogP contribution >= 0.6 is 0 Å². The second-order valence-corrected chi connectivity index (χ2v) is 8.65. The summed E-state index contributed by atoms with van der Waals surface area (Å²) in [7, 11) is 0. The fourth-order valence-corrected chi connectivity index (χ4v) is 3.48. The Labute approximate surface area is 53.1 Å². The van der Waals surface area contributed by atoms with Crippen molar-refractivity contribution < 1.29 is 24.3 Å². The zero-order chi connectivity index (χ0) is 5.70. The van der Waals surface area contributed by atoms with Gasteiger partial charge in [-0.1, -0.05) is 0 Å². The predicted octanol–water partition coefficient (Wildman–Crippen LogP) is 2.22. The minimum absolute atomic E-state index is 1.06. The summed E-state index contributed by atoms with van der Waals surface area (Å²) in [6, 6.07) is 0. The van der Waals surface area contributed by atoms with Gasteiger partial charge in [0.1, 0.15) is 0 Å². The first kappa shape index (κ1) is 7.67. The van der Waals surface area contributed by atoms with Crippen LogP contribution in [0.2, 0.25) is 8.86 Å². The summed E-state index contributed by atoms with van der Waals surface area (Å²) in [5.74, 6) is 0. The molecule has 0 heterocycles. The first-order valence-corrected chi connectivity index (χ1v) is 10.4. The Kier molecular flexibility index (Phi) is 5.28. The van der Waals surface area contributed by atoms with E-state index in [-0.39, 0.29) is 0 Å². The molecule has 0 saturated carbocycles. The van der Waals surface area contributed by atoms with E-state index < -0.39 is 21.4 Å². The topological polar surface area (TPSA) is 17.1 Å². The Bertz CT molecular complexity index is 61.1. The predicted molar refractivity (Wildman–Crippen MR) is 26.3 cm³/mol. The van der Waals surface area contributed by atoms with Gasteiger partial charge >= 0.3 is 52.9 Å². The molecule has 1 nitrogen and oxygen atoms in total. The Balaban J connectivity index is 2.82. The number of rotatable bonds is 3. The van der Waals surface area contributed by atoms with E-state index in [0.29, 0.717) is 0 Å². The Morgan fingerprint density at radius 1 is 1.57 bits per heavy atom. The molecule has 0 aromatic rings. The molecular formula is C5H12HfO. The van der Waals surface area contributed by atoms with Crippen LogP contribution in [0, 0.1) is 0 Å². The van der Waals surface area contributed by atoms with Crippen LogP contribution < -0.4 is 0 Å². The van der Waals surface area contributed by atoms with Crippen molar-refractivity contribution in [3.05, 3.63) is 0 Å². The van der Waals surface area contributed by atoms with Gasteiger partial charge in [0.05, 0.1) is 0 Å². The van der Waals surface area contributed by atoms with E-state index in [1.807, 2.05) is 4.68 Å². The van der Waals surface area contributed by atoms with Crippen molar-refractivity contribution in [2.45, 2.75) is 28.6 Å². The molecule has 0 aliphatic carbocycles. The van der Waals surface area contributed by atoms with Crippen LogP contribution in [-0.4, -0.2) is 0 Å². The number of hydrogen-bond acceptors (Lipinski definition) is 1. The molecule has 7 heavy (non-hydrogen) atoms.